The molecule has 0 aliphatic carbocycles. The molecule has 52 heavy (non-hydrogen) atoms. The molecule has 2 atom stereocenters. The van der Waals surface area contributed by atoms with Crippen molar-refractivity contribution >= 4 is 17.8 Å². The van der Waals surface area contributed by atoms with Crippen LogP contribution in [-0.4, -0.2) is 53.1 Å². The molecule has 0 saturated heterocycles. The molecule has 0 aromatic carbocycles. The number of unbranched alkanes of at least 4 members (excludes halogenated alkanes) is 26. The molecule has 1 aromatic heterocycles. The zero-order valence-electron chi connectivity index (χ0n) is 33.7. The van der Waals surface area contributed by atoms with Crippen molar-refractivity contribution in [3.8, 4) is 0 Å². The average molecular weight is 733 g/mol. The maximum atomic E-state index is 13.0. The number of H-pyrrole nitrogens is 1. The first-order valence-corrected chi connectivity index (χ1v) is 21.8. The van der Waals surface area contributed by atoms with E-state index in [1.54, 1.807) is 6.20 Å². The van der Waals surface area contributed by atoms with E-state index in [0.29, 0.717) is 13.2 Å². The van der Waals surface area contributed by atoms with Gasteiger partial charge in [-0.1, -0.05) is 181 Å². The van der Waals surface area contributed by atoms with Crippen molar-refractivity contribution in [2.45, 2.75) is 225 Å². The van der Waals surface area contributed by atoms with Crippen LogP contribution >= 0.6 is 0 Å². The van der Waals surface area contributed by atoms with E-state index < -0.39 is 24.0 Å². The Labute approximate surface area is 318 Å². The van der Waals surface area contributed by atoms with E-state index in [4.69, 9.17) is 15.2 Å². The monoisotopic (exact) mass is 733 g/mol. The number of aromatic amines is 1. The standard InChI is InChI=1S/C43H80N4O5/c1-3-5-7-9-11-13-15-17-19-21-23-25-27-29-33-51-41(48)32-31-40(47-42(49)39(44)35-38-36-45-37-46-38)43(50)52-34-30-28-26-24-22-20-18-16-14-12-10-8-6-4-2/h36-37,39-40H,3-35,44H2,1-2H3,(H,45,46)(H,47,49)/t39-,40-/m0/s1. The second-order valence-electron chi connectivity index (χ2n) is 15.1. The van der Waals surface area contributed by atoms with Gasteiger partial charge in [-0.2, -0.15) is 0 Å². The SMILES string of the molecule is CCCCCCCCCCCCCCCCOC(=O)CC[C@H](NC(=O)[C@@H](N)Cc1cnc[nH]1)C(=O)OCCCCCCCCCCCCCCCC. The molecule has 4 N–H and O–H groups in total. The number of amides is 1. The summed E-state index contributed by atoms with van der Waals surface area (Å²) >= 11 is 0. The molecule has 0 aliphatic heterocycles. The number of nitrogens with two attached hydrogens (primary N) is 1. The number of aromatic nitrogens is 2. The Bertz CT molecular complexity index is 957. The Balaban J connectivity index is 2.24. The summed E-state index contributed by atoms with van der Waals surface area (Å²) in [4.78, 5) is 45.3. The van der Waals surface area contributed by atoms with Gasteiger partial charge < -0.3 is 25.5 Å². The summed E-state index contributed by atoms with van der Waals surface area (Å²) in [5.74, 6) is -1.36. The van der Waals surface area contributed by atoms with Crippen molar-refractivity contribution in [1.29, 1.82) is 0 Å². The van der Waals surface area contributed by atoms with Crippen molar-refractivity contribution < 1.29 is 23.9 Å². The second-order valence-corrected chi connectivity index (χ2v) is 15.1. The van der Waals surface area contributed by atoms with Gasteiger partial charge in [0.1, 0.15) is 6.04 Å². The van der Waals surface area contributed by atoms with Gasteiger partial charge in [-0.3, -0.25) is 9.59 Å². The van der Waals surface area contributed by atoms with Crippen LogP contribution < -0.4 is 11.1 Å². The molecule has 1 aromatic rings. The zero-order chi connectivity index (χ0) is 37.7. The van der Waals surface area contributed by atoms with E-state index in [0.717, 1.165) is 44.2 Å². The molecule has 1 rings (SSSR count). The van der Waals surface area contributed by atoms with E-state index in [1.807, 2.05) is 0 Å². The Hall–Kier alpha value is -2.42. The van der Waals surface area contributed by atoms with E-state index >= 15 is 0 Å². The summed E-state index contributed by atoms with van der Waals surface area (Å²) in [6.45, 7) is 5.20. The van der Waals surface area contributed by atoms with Gasteiger partial charge in [-0.25, -0.2) is 9.78 Å². The lowest BCUT2D eigenvalue weighted by Crippen LogP contribution is -2.50. The third kappa shape index (κ3) is 29.1. The van der Waals surface area contributed by atoms with Crippen molar-refractivity contribution in [2.75, 3.05) is 13.2 Å². The number of hydrogen-bond donors (Lipinski definition) is 3. The lowest BCUT2D eigenvalue weighted by Gasteiger charge is -2.20. The topological polar surface area (TPSA) is 136 Å². The summed E-state index contributed by atoms with van der Waals surface area (Å²) in [6.07, 6.45) is 38.9. The third-order valence-electron chi connectivity index (χ3n) is 10.1. The number of imidazole rings is 1. The van der Waals surface area contributed by atoms with E-state index in [-0.39, 0.29) is 25.2 Å². The Morgan fingerprint density at radius 2 is 1.04 bits per heavy atom. The third-order valence-corrected chi connectivity index (χ3v) is 10.1. The van der Waals surface area contributed by atoms with Crippen LogP contribution in [0.5, 0.6) is 0 Å². The Kier molecular flexibility index (Phi) is 32.6. The Morgan fingerprint density at radius 3 is 1.44 bits per heavy atom. The van der Waals surface area contributed by atoms with Crippen LogP contribution in [0.15, 0.2) is 12.5 Å². The molecule has 302 valence electrons. The summed E-state index contributed by atoms with van der Waals surface area (Å²) in [6, 6.07) is -1.82. The van der Waals surface area contributed by atoms with Crippen molar-refractivity contribution in [3.05, 3.63) is 18.2 Å². The van der Waals surface area contributed by atoms with E-state index in [2.05, 4.69) is 29.1 Å². The molecule has 0 unspecified atom stereocenters. The largest absolute Gasteiger partial charge is 0.466 e. The minimum atomic E-state index is -0.958. The van der Waals surface area contributed by atoms with Gasteiger partial charge in [-0.05, 0) is 19.3 Å². The summed E-state index contributed by atoms with van der Waals surface area (Å²) < 4.78 is 11.0. The molecule has 0 bridgehead atoms. The highest BCUT2D eigenvalue weighted by atomic mass is 16.5. The number of rotatable bonds is 38. The summed E-state index contributed by atoms with van der Waals surface area (Å²) in [5.41, 5.74) is 6.84. The fraction of sp³-hybridized carbons (Fsp3) is 0.860. The molecular weight excluding hydrogens is 652 g/mol. The second kappa shape index (κ2) is 35.6. The molecular formula is C43H80N4O5. The quantitative estimate of drug-likeness (QED) is 0.0455. The van der Waals surface area contributed by atoms with Crippen LogP contribution in [0.4, 0.5) is 0 Å². The van der Waals surface area contributed by atoms with Crippen LogP contribution in [0.25, 0.3) is 0 Å². The normalized spacial score (nSPS) is 12.4. The van der Waals surface area contributed by atoms with Crippen LogP contribution in [0.1, 0.15) is 212 Å². The lowest BCUT2D eigenvalue weighted by atomic mass is 10.0. The fourth-order valence-corrected chi connectivity index (χ4v) is 6.64. The smallest absolute Gasteiger partial charge is 0.328 e. The van der Waals surface area contributed by atoms with Crippen LogP contribution in [0, 0.1) is 0 Å². The minimum absolute atomic E-state index is 0.0211. The molecule has 9 heteroatoms. The van der Waals surface area contributed by atoms with E-state index in [1.165, 1.54) is 148 Å². The first-order chi connectivity index (χ1) is 25.5. The van der Waals surface area contributed by atoms with Crippen LogP contribution in [0.3, 0.4) is 0 Å². The number of nitrogens with zero attached hydrogens (tertiary/aromatic N) is 1. The summed E-state index contributed by atoms with van der Waals surface area (Å²) in [5, 5.41) is 2.73. The number of carbonyl (C=O) groups excluding carboxylic acids is 3. The predicted molar refractivity (Wildman–Crippen MR) is 214 cm³/mol. The number of ether oxygens (including phenoxy) is 2. The molecule has 0 aliphatic rings. The van der Waals surface area contributed by atoms with Gasteiger partial charge in [0.05, 0.1) is 25.6 Å². The molecule has 0 radical (unpaired) electrons. The molecule has 1 heterocycles. The fourth-order valence-electron chi connectivity index (χ4n) is 6.64. The summed E-state index contributed by atoms with van der Waals surface area (Å²) in [7, 11) is 0. The van der Waals surface area contributed by atoms with Crippen molar-refractivity contribution in [2.24, 2.45) is 5.73 Å². The highest BCUT2D eigenvalue weighted by Crippen LogP contribution is 2.15. The molecule has 9 nitrogen and oxygen atoms in total. The number of carbonyl (C=O) groups is 3. The molecule has 1 amide bonds. The number of esters is 2. The van der Waals surface area contributed by atoms with Gasteiger partial charge in [0.15, 0.2) is 0 Å². The van der Waals surface area contributed by atoms with Gasteiger partial charge in [-0.15, -0.1) is 0 Å². The van der Waals surface area contributed by atoms with E-state index in [9.17, 15) is 14.4 Å². The van der Waals surface area contributed by atoms with Crippen LogP contribution in [0.2, 0.25) is 0 Å². The zero-order valence-corrected chi connectivity index (χ0v) is 33.7. The molecule has 0 spiro atoms. The van der Waals surface area contributed by atoms with Crippen LogP contribution in [-0.2, 0) is 30.3 Å². The first-order valence-electron chi connectivity index (χ1n) is 21.8. The van der Waals surface area contributed by atoms with Gasteiger partial charge in [0.2, 0.25) is 5.91 Å². The predicted octanol–water partition coefficient (Wildman–Crippen LogP) is 10.6. The molecule has 0 fully saturated rings. The average Bonchev–Trinajstić information content (AvgIpc) is 3.66. The van der Waals surface area contributed by atoms with Crippen molar-refractivity contribution in [1.82, 2.24) is 15.3 Å². The first kappa shape index (κ1) is 47.6. The van der Waals surface area contributed by atoms with Gasteiger partial charge in [0, 0.05) is 24.7 Å². The maximum Gasteiger partial charge on any atom is 0.328 e. The van der Waals surface area contributed by atoms with Crippen molar-refractivity contribution in [3.63, 3.8) is 0 Å². The number of hydrogen-bond acceptors (Lipinski definition) is 7. The van der Waals surface area contributed by atoms with Gasteiger partial charge in [0.25, 0.3) is 0 Å². The molecule has 0 saturated carbocycles. The van der Waals surface area contributed by atoms with Gasteiger partial charge >= 0.3 is 11.9 Å². The maximum absolute atomic E-state index is 13.0. The lowest BCUT2D eigenvalue weighted by molar-refractivity contribution is -0.149. The Morgan fingerprint density at radius 1 is 0.635 bits per heavy atom. The number of nitrogens with one attached hydrogen (secondary N) is 2. The minimum Gasteiger partial charge on any atom is -0.466 e. The highest BCUT2D eigenvalue weighted by Gasteiger charge is 2.26. The highest BCUT2D eigenvalue weighted by molar-refractivity contribution is 5.87.